The van der Waals surface area contributed by atoms with Gasteiger partial charge in [0.1, 0.15) is 11.7 Å². The van der Waals surface area contributed by atoms with E-state index in [9.17, 15) is 33.9 Å². The molecule has 1 aliphatic carbocycles. The lowest BCUT2D eigenvalue weighted by molar-refractivity contribution is -0.120. The van der Waals surface area contributed by atoms with Gasteiger partial charge in [0, 0.05) is 75.6 Å². The van der Waals surface area contributed by atoms with Crippen LogP contribution in [0.3, 0.4) is 0 Å². The van der Waals surface area contributed by atoms with Crippen molar-refractivity contribution >= 4 is 35.6 Å². The standard InChI is InChI=1S/C45H61N5O11/c1-26-21-32-37(48-42(55)31-15-13-30(14-16-31)25-49-17-19-50(20-18-49)44(57)61-45(5,6)7)34(51)24-33(39(32)53)47-41(54)27(2)11-10-12-35(58-8)40(60-43(46)56)29(4)23-28(3)38(52)36(22-26)59-9/h10-16,23-24,26,28,35-36,38,40,52H,17-22,25H2,1-9H3,(H2,46,56)(H,47,54)(H,48,55)/b12-10-,27-11-,29-23-/t26-,28+,35-,36-,38+,40-/m1/s1. The van der Waals surface area contributed by atoms with Gasteiger partial charge in [0.15, 0.2) is 6.10 Å². The van der Waals surface area contributed by atoms with Crippen LogP contribution in [0.4, 0.5) is 9.59 Å². The van der Waals surface area contributed by atoms with Crippen LogP contribution in [0, 0.1) is 11.8 Å². The molecule has 0 unspecified atom stereocenters. The van der Waals surface area contributed by atoms with Crippen molar-refractivity contribution in [3.05, 3.63) is 93.9 Å². The number of aliphatic hydroxyl groups is 1. The number of hydrogen-bond acceptors (Lipinski definition) is 12. The van der Waals surface area contributed by atoms with Gasteiger partial charge in [0.05, 0.1) is 23.6 Å². The molecule has 0 spiro atoms. The highest BCUT2D eigenvalue weighted by Crippen LogP contribution is 2.29. The number of carbonyl (C=O) groups is 6. The number of piperazine rings is 1. The van der Waals surface area contributed by atoms with Crippen molar-refractivity contribution in [1.29, 1.82) is 0 Å². The van der Waals surface area contributed by atoms with Crippen LogP contribution < -0.4 is 16.4 Å². The molecule has 0 radical (unpaired) electrons. The maximum atomic E-state index is 14.1. The molecule has 0 saturated carbocycles. The molecule has 1 aromatic carbocycles. The quantitative estimate of drug-likeness (QED) is 0.224. The summed E-state index contributed by atoms with van der Waals surface area (Å²) in [6.45, 7) is 15.3. The van der Waals surface area contributed by atoms with Crippen molar-refractivity contribution in [1.82, 2.24) is 20.4 Å². The Balaban J connectivity index is 1.58. The fourth-order valence-electron chi connectivity index (χ4n) is 7.34. The minimum absolute atomic E-state index is 0.00671. The Kier molecular flexibility index (Phi) is 16.9. The second-order valence-corrected chi connectivity index (χ2v) is 16.8. The Morgan fingerprint density at radius 3 is 2.23 bits per heavy atom. The molecule has 61 heavy (non-hydrogen) atoms. The van der Waals surface area contributed by atoms with Crippen molar-refractivity contribution in [2.75, 3.05) is 40.4 Å². The van der Waals surface area contributed by atoms with Crippen LogP contribution in [0.2, 0.25) is 0 Å². The Morgan fingerprint density at radius 1 is 0.984 bits per heavy atom. The van der Waals surface area contributed by atoms with E-state index >= 15 is 0 Å². The molecular weight excluding hydrogens is 787 g/mol. The van der Waals surface area contributed by atoms with E-state index in [0.29, 0.717) is 38.3 Å². The topological polar surface area (TPSA) is 216 Å². The molecule has 6 atom stereocenters. The summed E-state index contributed by atoms with van der Waals surface area (Å²) in [6.07, 6.45) is 2.52. The molecule has 1 saturated heterocycles. The number of carbonyl (C=O) groups excluding carboxylic acids is 6. The number of benzene rings is 1. The minimum atomic E-state index is -1.06. The monoisotopic (exact) mass is 847 g/mol. The van der Waals surface area contributed by atoms with Gasteiger partial charge in [-0.3, -0.25) is 24.1 Å². The zero-order valence-electron chi connectivity index (χ0n) is 36.6. The number of hydrogen-bond donors (Lipinski definition) is 4. The molecular formula is C45H61N5O11. The highest BCUT2D eigenvalue weighted by atomic mass is 16.6. The van der Waals surface area contributed by atoms with E-state index in [1.54, 1.807) is 43.0 Å². The number of methoxy groups -OCH3 is 2. The van der Waals surface area contributed by atoms with Crippen molar-refractivity contribution in [3.63, 3.8) is 0 Å². The minimum Gasteiger partial charge on any atom is -0.444 e. The highest BCUT2D eigenvalue weighted by Gasteiger charge is 2.34. The molecule has 3 aliphatic rings. The zero-order valence-corrected chi connectivity index (χ0v) is 36.6. The second kappa shape index (κ2) is 21.4. The second-order valence-electron chi connectivity index (χ2n) is 16.8. The van der Waals surface area contributed by atoms with Crippen molar-refractivity contribution in [3.8, 4) is 0 Å². The number of fused-ring (bicyclic) bond motifs is 2. The number of aliphatic hydroxyl groups excluding tert-OH is 1. The third-order valence-corrected chi connectivity index (χ3v) is 10.7. The number of nitrogens with two attached hydrogens (primary N) is 1. The first-order valence-electron chi connectivity index (χ1n) is 20.4. The lowest BCUT2D eigenvalue weighted by atomic mass is 9.85. The Bertz CT molecular complexity index is 1970. The van der Waals surface area contributed by atoms with E-state index < -0.39 is 65.4 Å². The van der Waals surface area contributed by atoms with Crippen LogP contribution in [-0.4, -0.2) is 121 Å². The van der Waals surface area contributed by atoms with Gasteiger partial charge in [-0.1, -0.05) is 50.3 Å². The van der Waals surface area contributed by atoms with E-state index in [2.05, 4.69) is 15.5 Å². The molecule has 16 nitrogen and oxygen atoms in total. The predicted molar refractivity (Wildman–Crippen MR) is 227 cm³/mol. The maximum absolute atomic E-state index is 14.1. The summed E-state index contributed by atoms with van der Waals surface area (Å²) in [5.41, 5.74) is 6.26. The van der Waals surface area contributed by atoms with E-state index in [-0.39, 0.29) is 53.0 Å². The largest absolute Gasteiger partial charge is 0.444 e. The Labute approximate surface area is 357 Å². The number of primary amides is 1. The summed E-state index contributed by atoms with van der Waals surface area (Å²) in [7, 11) is 2.87. The smallest absolute Gasteiger partial charge is 0.410 e. The third-order valence-electron chi connectivity index (χ3n) is 10.7. The van der Waals surface area contributed by atoms with Gasteiger partial charge in [-0.15, -0.1) is 0 Å². The Hall–Kier alpha value is -5.42. The molecule has 2 bridgehead atoms. The zero-order chi connectivity index (χ0) is 45.2. The molecule has 1 aromatic rings. The highest BCUT2D eigenvalue weighted by molar-refractivity contribution is 6.24. The number of nitrogens with zero attached hydrogens (tertiary/aromatic N) is 2. The third kappa shape index (κ3) is 13.5. The SMILES string of the molecule is CO[C@@H]1/C=C\C=C(\C)C(=O)NC2=CC(=O)C(NC(=O)c3ccc(CN4CCN(C(=O)OC(C)(C)C)CC4)cc3)=C(C[C@@H](C)C[C@@H](OC)[C@@H](O)[C@@H](C)/C=C(/C)[C@H]1OC(N)=O)C2=O. The van der Waals surface area contributed by atoms with Crippen LogP contribution >= 0.6 is 0 Å². The van der Waals surface area contributed by atoms with Crippen LogP contribution in [0.25, 0.3) is 0 Å². The molecule has 2 heterocycles. The Morgan fingerprint density at radius 2 is 1.64 bits per heavy atom. The summed E-state index contributed by atoms with van der Waals surface area (Å²) < 4.78 is 22.2. The number of amides is 4. The fourth-order valence-corrected chi connectivity index (χ4v) is 7.34. The number of rotatable bonds is 7. The van der Waals surface area contributed by atoms with Crippen LogP contribution in [0.15, 0.2) is 82.8 Å². The molecule has 0 aromatic heterocycles. The first-order valence-corrected chi connectivity index (χ1v) is 20.4. The van der Waals surface area contributed by atoms with Gasteiger partial charge in [-0.25, -0.2) is 9.59 Å². The van der Waals surface area contributed by atoms with Crippen LogP contribution in [0.1, 0.15) is 77.2 Å². The summed E-state index contributed by atoms with van der Waals surface area (Å²) in [5, 5.41) is 16.7. The molecule has 16 heteroatoms. The van der Waals surface area contributed by atoms with Gasteiger partial charge in [-0.2, -0.15) is 0 Å². The average Bonchev–Trinajstić information content (AvgIpc) is 3.19. The lowest BCUT2D eigenvalue weighted by Gasteiger charge is -2.35. The average molecular weight is 848 g/mol. The molecule has 5 N–H and O–H groups in total. The van der Waals surface area contributed by atoms with E-state index in [4.69, 9.17) is 24.7 Å². The van der Waals surface area contributed by atoms with Crippen molar-refractivity contribution < 1.29 is 52.8 Å². The number of nitrogens with one attached hydrogen (secondary N) is 2. The van der Waals surface area contributed by atoms with Gasteiger partial charge in [0.2, 0.25) is 11.6 Å². The van der Waals surface area contributed by atoms with Crippen molar-refractivity contribution in [2.45, 2.75) is 97.9 Å². The van der Waals surface area contributed by atoms with Gasteiger partial charge in [0.25, 0.3) is 11.8 Å². The molecule has 4 amide bonds. The lowest BCUT2D eigenvalue weighted by Crippen LogP contribution is -2.49. The van der Waals surface area contributed by atoms with Crippen LogP contribution in [0.5, 0.6) is 0 Å². The first kappa shape index (κ1) is 48.2. The summed E-state index contributed by atoms with van der Waals surface area (Å²) >= 11 is 0. The molecule has 2 aliphatic heterocycles. The number of Topliss-reactive ketones (excluding diaryl/α,β-unsaturated/α-hetero) is 1. The number of ether oxygens (including phenoxy) is 4. The van der Waals surface area contributed by atoms with Gasteiger partial charge in [-0.05, 0) is 76.6 Å². The van der Waals surface area contributed by atoms with Crippen LogP contribution in [-0.2, 0) is 39.9 Å². The number of ketones is 2. The normalized spacial score (nSPS) is 27.5. The predicted octanol–water partition coefficient (Wildman–Crippen LogP) is 4.24. The maximum Gasteiger partial charge on any atom is 0.410 e. The van der Waals surface area contributed by atoms with E-state index in [0.717, 1.165) is 11.6 Å². The van der Waals surface area contributed by atoms with Gasteiger partial charge < -0.3 is 45.3 Å². The van der Waals surface area contributed by atoms with E-state index in [1.807, 2.05) is 39.8 Å². The summed E-state index contributed by atoms with van der Waals surface area (Å²) in [6, 6.07) is 6.91. The fraction of sp³-hybridized carbons (Fsp3) is 0.511. The molecule has 4 rings (SSSR count). The summed E-state index contributed by atoms with van der Waals surface area (Å²) in [4.78, 5) is 83.2. The first-order chi connectivity index (χ1) is 28.7. The molecule has 1 fully saturated rings. The summed E-state index contributed by atoms with van der Waals surface area (Å²) in [5.74, 6) is -3.50. The van der Waals surface area contributed by atoms with E-state index in [1.165, 1.54) is 33.3 Å². The molecule has 332 valence electrons. The number of allylic oxidation sites excluding steroid dienone is 4. The van der Waals surface area contributed by atoms with Crippen molar-refractivity contribution in [2.24, 2.45) is 17.6 Å². The van der Waals surface area contributed by atoms with Gasteiger partial charge >= 0.3 is 12.2 Å².